The van der Waals surface area contributed by atoms with E-state index in [9.17, 15) is 4.79 Å². The summed E-state index contributed by atoms with van der Waals surface area (Å²) in [5.74, 6) is -0.163. The summed E-state index contributed by atoms with van der Waals surface area (Å²) < 4.78 is 0. The summed E-state index contributed by atoms with van der Waals surface area (Å²) in [4.78, 5) is 12.3. The molecule has 0 aliphatic carbocycles. The van der Waals surface area contributed by atoms with Crippen molar-refractivity contribution >= 4 is 34.6 Å². The molecule has 0 unspecified atom stereocenters. The van der Waals surface area contributed by atoms with E-state index in [-0.39, 0.29) is 5.91 Å². The first-order valence-electron chi connectivity index (χ1n) is 7.22. The molecule has 2 aromatic rings. The first-order chi connectivity index (χ1) is 11.1. The van der Waals surface area contributed by atoms with E-state index < -0.39 is 0 Å². The van der Waals surface area contributed by atoms with Gasteiger partial charge in [0, 0.05) is 23.5 Å². The highest BCUT2D eigenvalue weighted by Gasteiger charge is 2.07. The molecule has 0 fully saturated rings. The lowest BCUT2D eigenvalue weighted by Crippen LogP contribution is -2.28. The number of hydrogen-bond acceptors (Lipinski definition) is 2. The molecule has 118 valence electrons. The molecule has 2 rings (SSSR count). The second-order valence-electron chi connectivity index (χ2n) is 5.03. The van der Waals surface area contributed by atoms with Crippen LogP contribution in [0.5, 0.6) is 0 Å². The van der Waals surface area contributed by atoms with E-state index in [1.807, 2.05) is 43.3 Å². The molecule has 0 atom stereocenters. The zero-order valence-electron chi connectivity index (χ0n) is 12.9. The van der Waals surface area contributed by atoms with E-state index >= 15 is 0 Å². The van der Waals surface area contributed by atoms with E-state index in [4.69, 9.17) is 12.2 Å². The fraction of sp³-hybridized carbons (Fsp3) is 0.111. The van der Waals surface area contributed by atoms with Gasteiger partial charge in [0.2, 0.25) is 0 Å². The number of benzene rings is 2. The van der Waals surface area contributed by atoms with Gasteiger partial charge in [0.1, 0.15) is 0 Å². The van der Waals surface area contributed by atoms with Gasteiger partial charge in [-0.25, -0.2) is 0 Å². The molecule has 5 heteroatoms. The molecule has 0 aliphatic rings. The Bertz CT molecular complexity index is 728. The Labute approximate surface area is 141 Å². The van der Waals surface area contributed by atoms with Crippen molar-refractivity contribution in [1.29, 1.82) is 0 Å². The Balaban J connectivity index is 2.05. The largest absolute Gasteiger partial charge is 0.359 e. The molecule has 0 saturated carbocycles. The molecule has 3 N–H and O–H groups in total. The Hall–Kier alpha value is -2.66. The van der Waals surface area contributed by atoms with Crippen LogP contribution in [0.15, 0.2) is 61.2 Å². The second-order valence-corrected chi connectivity index (χ2v) is 5.44. The van der Waals surface area contributed by atoms with Crippen LogP contribution >= 0.6 is 12.2 Å². The van der Waals surface area contributed by atoms with Crippen LogP contribution in [0, 0.1) is 6.92 Å². The lowest BCUT2D eigenvalue weighted by Gasteiger charge is -2.11. The van der Waals surface area contributed by atoms with Gasteiger partial charge in [-0.1, -0.05) is 24.3 Å². The zero-order valence-corrected chi connectivity index (χ0v) is 13.7. The van der Waals surface area contributed by atoms with Crippen LogP contribution in [-0.2, 0) is 0 Å². The van der Waals surface area contributed by atoms with Crippen molar-refractivity contribution in [2.45, 2.75) is 6.92 Å². The van der Waals surface area contributed by atoms with Gasteiger partial charge in [0.25, 0.3) is 5.91 Å². The van der Waals surface area contributed by atoms with Crippen molar-refractivity contribution < 1.29 is 4.79 Å². The monoisotopic (exact) mass is 325 g/mol. The van der Waals surface area contributed by atoms with Gasteiger partial charge in [-0.05, 0) is 55.0 Å². The number of amides is 1. The predicted octanol–water partition coefficient (Wildman–Crippen LogP) is 3.72. The third-order valence-corrected chi connectivity index (χ3v) is 3.31. The maximum Gasteiger partial charge on any atom is 0.255 e. The molecular weight excluding hydrogens is 306 g/mol. The SMILES string of the molecule is C=CCNC(=S)Nc1cccc(C(=O)Nc2cccc(C)c2)c1. The van der Waals surface area contributed by atoms with Crippen LogP contribution in [0.4, 0.5) is 11.4 Å². The summed E-state index contributed by atoms with van der Waals surface area (Å²) >= 11 is 5.16. The number of thiocarbonyl (C=S) groups is 1. The van der Waals surface area contributed by atoms with Gasteiger partial charge in [0.05, 0.1) is 0 Å². The summed E-state index contributed by atoms with van der Waals surface area (Å²) in [5.41, 5.74) is 3.18. The fourth-order valence-corrected chi connectivity index (χ4v) is 2.21. The molecule has 0 aliphatic heterocycles. The number of carbonyl (C=O) groups is 1. The van der Waals surface area contributed by atoms with Crippen LogP contribution in [0.3, 0.4) is 0 Å². The van der Waals surface area contributed by atoms with Crippen molar-refractivity contribution in [3.63, 3.8) is 0 Å². The van der Waals surface area contributed by atoms with Gasteiger partial charge in [-0.15, -0.1) is 6.58 Å². The van der Waals surface area contributed by atoms with Gasteiger partial charge < -0.3 is 16.0 Å². The third-order valence-electron chi connectivity index (χ3n) is 3.07. The highest BCUT2D eigenvalue weighted by Crippen LogP contribution is 2.14. The summed E-state index contributed by atoms with van der Waals surface area (Å²) in [6, 6.07) is 14.9. The average molecular weight is 325 g/mol. The van der Waals surface area contributed by atoms with Crippen LogP contribution in [0.2, 0.25) is 0 Å². The molecule has 0 aromatic heterocycles. The maximum absolute atomic E-state index is 12.3. The first-order valence-corrected chi connectivity index (χ1v) is 7.63. The molecule has 4 nitrogen and oxygen atoms in total. The molecule has 0 radical (unpaired) electrons. The Morgan fingerprint density at radius 3 is 2.52 bits per heavy atom. The molecular formula is C18H19N3OS. The summed E-state index contributed by atoms with van der Waals surface area (Å²) in [6.07, 6.45) is 1.72. The molecule has 1 amide bonds. The normalized spacial score (nSPS) is 9.78. The van der Waals surface area contributed by atoms with Crippen LogP contribution in [0.1, 0.15) is 15.9 Å². The predicted molar refractivity (Wildman–Crippen MR) is 100.0 cm³/mol. The standard InChI is InChI=1S/C18H19N3OS/c1-3-10-19-18(23)21-16-9-5-7-14(12-16)17(22)20-15-8-4-6-13(2)11-15/h3-9,11-12H,1,10H2,2H3,(H,20,22)(H2,19,21,23). The number of rotatable bonds is 5. The quantitative estimate of drug-likeness (QED) is 0.579. The summed E-state index contributed by atoms with van der Waals surface area (Å²) in [5, 5.41) is 9.39. The van der Waals surface area contributed by atoms with Gasteiger partial charge >= 0.3 is 0 Å². The zero-order chi connectivity index (χ0) is 16.7. The van der Waals surface area contributed by atoms with Crippen LogP contribution in [0.25, 0.3) is 0 Å². The Morgan fingerprint density at radius 1 is 1.13 bits per heavy atom. The van der Waals surface area contributed by atoms with Crippen molar-refractivity contribution in [2.75, 3.05) is 17.2 Å². The van der Waals surface area contributed by atoms with E-state index in [1.54, 1.807) is 18.2 Å². The highest BCUT2D eigenvalue weighted by molar-refractivity contribution is 7.80. The molecule has 0 heterocycles. The van der Waals surface area contributed by atoms with Crippen LogP contribution < -0.4 is 16.0 Å². The van der Waals surface area contributed by atoms with Gasteiger partial charge in [-0.2, -0.15) is 0 Å². The third kappa shape index (κ3) is 5.23. The minimum absolute atomic E-state index is 0.163. The number of carbonyl (C=O) groups excluding carboxylic acids is 1. The van der Waals surface area contributed by atoms with E-state index in [0.29, 0.717) is 17.2 Å². The number of nitrogens with one attached hydrogen (secondary N) is 3. The Kier molecular flexibility index (Phi) is 5.88. The smallest absolute Gasteiger partial charge is 0.255 e. The number of anilines is 2. The minimum Gasteiger partial charge on any atom is -0.359 e. The second kappa shape index (κ2) is 8.10. The molecule has 0 spiro atoms. The minimum atomic E-state index is -0.163. The Morgan fingerprint density at radius 2 is 1.83 bits per heavy atom. The average Bonchev–Trinajstić information content (AvgIpc) is 2.53. The fourth-order valence-electron chi connectivity index (χ4n) is 2.00. The van der Waals surface area contributed by atoms with E-state index in [0.717, 1.165) is 16.9 Å². The first kappa shape index (κ1) is 16.7. The molecule has 2 aromatic carbocycles. The summed E-state index contributed by atoms with van der Waals surface area (Å²) in [7, 11) is 0. The lowest BCUT2D eigenvalue weighted by molar-refractivity contribution is 0.102. The van der Waals surface area contributed by atoms with Crippen molar-refractivity contribution in [3.05, 3.63) is 72.3 Å². The molecule has 0 saturated heterocycles. The molecule has 0 bridgehead atoms. The van der Waals surface area contributed by atoms with Gasteiger partial charge in [-0.3, -0.25) is 4.79 Å². The maximum atomic E-state index is 12.3. The lowest BCUT2D eigenvalue weighted by atomic mass is 10.1. The topological polar surface area (TPSA) is 53.2 Å². The van der Waals surface area contributed by atoms with Crippen molar-refractivity contribution in [3.8, 4) is 0 Å². The van der Waals surface area contributed by atoms with Crippen molar-refractivity contribution in [1.82, 2.24) is 5.32 Å². The van der Waals surface area contributed by atoms with E-state index in [1.165, 1.54) is 0 Å². The summed E-state index contributed by atoms with van der Waals surface area (Å²) in [6.45, 7) is 6.19. The van der Waals surface area contributed by atoms with E-state index in [2.05, 4.69) is 22.5 Å². The van der Waals surface area contributed by atoms with Gasteiger partial charge in [0.15, 0.2) is 5.11 Å². The number of aryl methyl sites for hydroxylation is 1. The van der Waals surface area contributed by atoms with Crippen LogP contribution in [-0.4, -0.2) is 17.6 Å². The van der Waals surface area contributed by atoms with Crippen molar-refractivity contribution in [2.24, 2.45) is 0 Å². The number of hydrogen-bond donors (Lipinski definition) is 3. The molecule has 23 heavy (non-hydrogen) atoms. The highest BCUT2D eigenvalue weighted by atomic mass is 32.1.